The van der Waals surface area contributed by atoms with Crippen molar-refractivity contribution in [2.45, 2.75) is 0 Å². The first kappa shape index (κ1) is 12.0. The smallest absolute Gasteiger partial charge is 0.237 e. The average molecular weight is 262 g/mol. The highest BCUT2D eigenvalue weighted by molar-refractivity contribution is 5.81. The van der Waals surface area contributed by atoms with Crippen molar-refractivity contribution >= 4 is 10.9 Å². The second-order valence-electron chi connectivity index (χ2n) is 4.25. The number of pyridine rings is 1. The Kier molecular flexibility index (Phi) is 2.94. The lowest BCUT2D eigenvalue weighted by Gasteiger charge is -2.08. The Morgan fingerprint density at radius 3 is 2.70 bits per heavy atom. The van der Waals surface area contributed by atoms with Crippen LogP contribution in [0.3, 0.4) is 0 Å². The summed E-state index contributed by atoms with van der Waals surface area (Å²) in [7, 11) is 0. The first-order chi connectivity index (χ1) is 9.76. The molecule has 20 heavy (non-hydrogen) atoms. The van der Waals surface area contributed by atoms with Crippen LogP contribution in [0.2, 0.25) is 0 Å². The van der Waals surface area contributed by atoms with Crippen LogP contribution in [-0.2, 0) is 0 Å². The fourth-order valence-corrected chi connectivity index (χ4v) is 1.91. The minimum Gasteiger partial charge on any atom is -0.508 e. The summed E-state index contributed by atoms with van der Waals surface area (Å²) in [5, 5.41) is 19.5. The molecule has 0 spiro atoms. The van der Waals surface area contributed by atoms with Gasteiger partial charge in [-0.25, -0.2) is 4.98 Å². The Morgan fingerprint density at radius 1 is 1.05 bits per heavy atom. The number of rotatable bonds is 2. The highest BCUT2D eigenvalue weighted by Crippen LogP contribution is 2.28. The Hall–Kier alpha value is -3.06. The van der Waals surface area contributed by atoms with Crippen LogP contribution in [0.1, 0.15) is 5.56 Å². The molecule has 0 radical (unpaired) electrons. The highest BCUT2D eigenvalue weighted by Gasteiger charge is 2.09. The van der Waals surface area contributed by atoms with Crippen molar-refractivity contribution in [2.75, 3.05) is 0 Å². The largest absolute Gasteiger partial charge is 0.508 e. The zero-order valence-corrected chi connectivity index (χ0v) is 10.4. The molecule has 0 aliphatic rings. The minimum atomic E-state index is 0.0989. The lowest BCUT2D eigenvalue weighted by molar-refractivity contribution is 0.446. The molecule has 0 atom stereocenters. The molecular formula is C16H10N2O2. The molecule has 3 aromatic rings. The molecule has 0 amide bonds. The second kappa shape index (κ2) is 4.90. The summed E-state index contributed by atoms with van der Waals surface area (Å²) in [6.45, 7) is 0. The average Bonchev–Trinajstić information content (AvgIpc) is 2.46. The number of hydrogen-bond donors (Lipinski definition) is 1. The van der Waals surface area contributed by atoms with Crippen LogP contribution < -0.4 is 4.74 Å². The van der Waals surface area contributed by atoms with E-state index < -0.39 is 0 Å². The third-order valence-electron chi connectivity index (χ3n) is 2.84. The number of nitrogens with zero attached hydrogens (tertiary/aromatic N) is 2. The molecule has 1 aromatic heterocycles. The number of aromatic hydroxyl groups is 1. The van der Waals surface area contributed by atoms with Crippen LogP contribution in [-0.4, -0.2) is 10.1 Å². The first-order valence-electron chi connectivity index (χ1n) is 6.03. The van der Waals surface area contributed by atoms with E-state index in [1.54, 1.807) is 24.3 Å². The summed E-state index contributed by atoms with van der Waals surface area (Å²) in [6.07, 6.45) is 0. The van der Waals surface area contributed by atoms with Gasteiger partial charge in [-0.2, -0.15) is 5.26 Å². The van der Waals surface area contributed by atoms with E-state index in [-0.39, 0.29) is 11.6 Å². The maximum Gasteiger partial charge on any atom is 0.237 e. The molecule has 1 heterocycles. The fraction of sp³-hybridized carbons (Fsp3) is 0. The van der Waals surface area contributed by atoms with Gasteiger partial charge in [-0.3, -0.25) is 0 Å². The van der Waals surface area contributed by atoms with Crippen molar-refractivity contribution in [2.24, 2.45) is 0 Å². The monoisotopic (exact) mass is 262 g/mol. The normalized spacial score (nSPS) is 10.2. The summed E-state index contributed by atoms with van der Waals surface area (Å²) in [5.74, 6) is 0.767. The van der Waals surface area contributed by atoms with Crippen molar-refractivity contribution in [3.8, 4) is 23.4 Å². The van der Waals surface area contributed by atoms with Crippen molar-refractivity contribution in [1.29, 1.82) is 5.26 Å². The van der Waals surface area contributed by atoms with Gasteiger partial charge in [-0.05, 0) is 24.3 Å². The number of hydrogen-bond acceptors (Lipinski definition) is 4. The number of aromatic nitrogens is 1. The molecule has 1 N–H and O–H groups in total. The Bertz CT molecular complexity index is 822. The number of phenols is 1. The Labute approximate surface area is 115 Å². The number of para-hydroxylation sites is 1. The molecular weight excluding hydrogens is 252 g/mol. The maximum absolute atomic E-state index is 9.42. The Balaban J connectivity index is 2.08. The third-order valence-corrected chi connectivity index (χ3v) is 2.84. The van der Waals surface area contributed by atoms with E-state index in [9.17, 15) is 10.4 Å². The summed E-state index contributed by atoms with van der Waals surface area (Å²) >= 11 is 0. The molecule has 0 aliphatic carbocycles. The Morgan fingerprint density at radius 2 is 1.90 bits per heavy atom. The topological polar surface area (TPSA) is 66.1 Å². The van der Waals surface area contributed by atoms with Crippen molar-refractivity contribution in [3.05, 3.63) is 60.2 Å². The standard InChI is InChI=1S/C16H10N2O2/c17-10-12-8-11-4-1-2-7-15(11)18-16(12)20-14-6-3-5-13(19)9-14/h1-9,19H. The van der Waals surface area contributed by atoms with E-state index in [4.69, 9.17) is 4.74 Å². The number of phenolic OH excluding ortho intramolecular Hbond substituents is 1. The van der Waals surface area contributed by atoms with Gasteiger partial charge in [-0.15, -0.1) is 0 Å². The van der Waals surface area contributed by atoms with Gasteiger partial charge in [0.1, 0.15) is 23.1 Å². The number of benzene rings is 2. The SMILES string of the molecule is N#Cc1cc2ccccc2nc1Oc1cccc(O)c1. The molecule has 0 saturated heterocycles. The van der Waals surface area contributed by atoms with E-state index >= 15 is 0 Å². The number of fused-ring (bicyclic) bond motifs is 1. The molecule has 96 valence electrons. The van der Waals surface area contributed by atoms with Gasteiger partial charge in [0.2, 0.25) is 5.88 Å². The van der Waals surface area contributed by atoms with Gasteiger partial charge in [-0.1, -0.05) is 24.3 Å². The van der Waals surface area contributed by atoms with Crippen molar-refractivity contribution in [3.63, 3.8) is 0 Å². The van der Waals surface area contributed by atoms with E-state index in [2.05, 4.69) is 11.1 Å². The quantitative estimate of drug-likeness (QED) is 0.766. The van der Waals surface area contributed by atoms with Crippen LogP contribution in [0.15, 0.2) is 54.6 Å². The zero-order chi connectivity index (χ0) is 13.9. The summed E-state index contributed by atoms with van der Waals surface area (Å²) < 4.78 is 5.60. The molecule has 3 rings (SSSR count). The van der Waals surface area contributed by atoms with Gasteiger partial charge in [0.05, 0.1) is 5.52 Å². The van der Waals surface area contributed by atoms with Crippen molar-refractivity contribution < 1.29 is 9.84 Å². The van der Waals surface area contributed by atoms with Gasteiger partial charge < -0.3 is 9.84 Å². The minimum absolute atomic E-state index is 0.0989. The van der Waals surface area contributed by atoms with Crippen LogP contribution >= 0.6 is 0 Å². The van der Waals surface area contributed by atoms with E-state index in [1.807, 2.05) is 24.3 Å². The van der Waals surface area contributed by atoms with Gasteiger partial charge >= 0.3 is 0 Å². The number of nitriles is 1. The summed E-state index contributed by atoms with van der Waals surface area (Å²) in [5.41, 5.74) is 1.11. The molecule has 0 bridgehead atoms. The second-order valence-corrected chi connectivity index (χ2v) is 4.25. The molecule has 0 aliphatic heterocycles. The molecule has 2 aromatic carbocycles. The fourth-order valence-electron chi connectivity index (χ4n) is 1.91. The van der Waals surface area contributed by atoms with Crippen LogP contribution in [0, 0.1) is 11.3 Å². The summed E-state index contributed by atoms with van der Waals surface area (Å²) in [4.78, 5) is 4.34. The first-order valence-corrected chi connectivity index (χ1v) is 6.03. The third kappa shape index (κ3) is 2.25. The lowest BCUT2D eigenvalue weighted by atomic mass is 10.1. The number of ether oxygens (including phenoxy) is 1. The van der Waals surface area contributed by atoms with Gasteiger partial charge in [0.15, 0.2) is 0 Å². The van der Waals surface area contributed by atoms with Gasteiger partial charge in [0, 0.05) is 11.5 Å². The predicted molar refractivity (Wildman–Crippen MR) is 74.6 cm³/mol. The van der Waals surface area contributed by atoms with Crippen molar-refractivity contribution in [1.82, 2.24) is 4.98 Å². The maximum atomic E-state index is 9.42. The van der Waals surface area contributed by atoms with Gasteiger partial charge in [0.25, 0.3) is 0 Å². The molecule has 4 heteroatoms. The van der Waals surface area contributed by atoms with E-state index in [0.29, 0.717) is 11.3 Å². The predicted octanol–water partition coefficient (Wildman–Crippen LogP) is 3.60. The van der Waals surface area contributed by atoms with E-state index in [0.717, 1.165) is 10.9 Å². The van der Waals surface area contributed by atoms with Crippen LogP contribution in [0.4, 0.5) is 0 Å². The van der Waals surface area contributed by atoms with Crippen LogP contribution in [0.5, 0.6) is 17.4 Å². The zero-order valence-electron chi connectivity index (χ0n) is 10.4. The summed E-state index contributed by atoms with van der Waals surface area (Å²) in [6, 6.07) is 17.7. The molecule has 4 nitrogen and oxygen atoms in total. The van der Waals surface area contributed by atoms with Crippen LogP contribution in [0.25, 0.3) is 10.9 Å². The molecule has 0 saturated carbocycles. The van der Waals surface area contributed by atoms with E-state index in [1.165, 1.54) is 6.07 Å². The lowest BCUT2D eigenvalue weighted by Crippen LogP contribution is -1.93. The highest BCUT2D eigenvalue weighted by atomic mass is 16.5. The molecule has 0 unspecified atom stereocenters. The molecule has 0 fully saturated rings.